The van der Waals surface area contributed by atoms with Crippen molar-refractivity contribution < 1.29 is 16.8 Å². The van der Waals surface area contributed by atoms with Crippen molar-refractivity contribution in [3.63, 3.8) is 0 Å². The van der Waals surface area contributed by atoms with Crippen LogP contribution in [0.4, 0.5) is 0 Å². The van der Waals surface area contributed by atoms with E-state index in [9.17, 15) is 16.8 Å². The molecule has 1 heterocycles. The van der Waals surface area contributed by atoms with Gasteiger partial charge >= 0.3 is 0 Å². The molecule has 0 radical (unpaired) electrons. The van der Waals surface area contributed by atoms with E-state index in [-0.39, 0.29) is 28.4 Å². The van der Waals surface area contributed by atoms with Gasteiger partial charge in [-0.05, 0) is 29.5 Å². The van der Waals surface area contributed by atoms with E-state index < -0.39 is 25.9 Å². The van der Waals surface area contributed by atoms with Crippen molar-refractivity contribution in [3.05, 3.63) is 29.8 Å². The van der Waals surface area contributed by atoms with Gasteiger partial charge in [-0.25, -0.2) is 16.8 Å². The maximum Gasteiger partial charge on any atom is 0.243 e. The quantitative estimate of drug-likeness (QED) is 0.826. The third-order valence-corrected chi connectivity index (χ3v) is 8.05. The molecule has 1 aromatic carbocycles. The summed E-state index contributed by atoms with van der Waals surface area (Å²) in [7, 11) is -6.80. The van der Waals surface area contributed by atoms with Gasteiger partial charge in [0, 0.05) is 12.6 Å². The van der Waals surface area contributed by atoms with Gasteiger partial charge in [-0.3, -0.25) is 0 Å². The lowest BCUT2D eigenvalue weighted by Crippen LogP contribution is -2.40. The maximum atomic E-state index is 12.9. The van der Waals surface area contributed by atoms with Crippen molar-refractivity contribution >= 4 is 19.9 Å². The highest BCUT2D eigenvalue weighted by atomic mass is 32.2. The van der Waals surface area contributed by atoms with E-state index >= 15 is 0 Å². The van der Waals surface area contributed by atoms with E-state index in [2.05, 4.69) is 20.8 Å². The van der Waals surface area contributed by atoms with Gasteiger partial charge in [0.05, 0.1) is 16.4 Å². The smallest absolute Gasteiger partial charge is 0.229 e. The highest BCUT2D eigenvalue weighted by Crippen LogP contribution is 2.27. The van der Waals surface area contributed by atoms with Crippen LogP contribution in [0, 0.1) is 0 Å². The third kappa shape index (κ3) is 3.95. The fraction of sp³-hybridized carbons (Fsp3) is 0.625. The first-order valence-corrected chi connectivity index (χ1v) is 11.1. The highest BCUT2D eigenvalue weighted by molar-refractivity contribution is 7.92. The summed E-state index contributed by atoms with van der Waals surface area (Å²) in [4.78, 5) is 0.219. The first kappa shape index (κ1) is 18.4. The molecule has 0 aliphatic carbocycles. The van der Waals surface area contributed by atoms with Crippen molar-refractivity contribution in [1.29, 1.82) is 0 Å². The van der Waals surface area contributed by atoms with E-state index in [1.165, 1.54) is 4.31 Å². The summed E-state index contributed by atoms with van der Waals surface area (Å²) < 4.78 is 50.3. The fourth-order valence-corrected chi connectivity index (χ4v) is 6.38. The number of rotatable bonds is 4. The summed E-state index contributed by atoms with van der Waals surface area (Å²) in [5.74, 6) is -0.0210. The Kier molecular flexibility index (Phi) is 4.95. The van der Waals surface area contributed by atoms with Crippen LogP contribution in [0.15, 0.2) is 29.2 Å². The van der Waals surface area contributed by atoms with Crippen LogP contribution in [0.1, 0.15) is 39.7 Å². The van der Waals surface area contributed by atoms with Crippen molar-refractivity contribution in [2.45, 2.75) is 50.5 Å². The van der Waals surface area contributed by atoms with Gasteiger partial charge in [0.1, 0.15) is 0 Å². The summed E-state index contributed by atoms with van der Waals surface area (Å²) in [6.45, 7) is 8.21. The summed E-state index contributed by atoms with van der Waals surface area (Å²) in [5, 5.41) is 0. The van der Waals surface area contributed by atoms with E-state index in [0.29, 0.717) is 6.42 Å². The van der Waals surface area contributed by atoms with Crippen LogP contribution < -0.4 is 0 Å². The van der Waals surface area contributed by atoms with Gasteiger partial charge in [-0.1, -0.05) is 39.8 Å². The molecular formula is C16H25NO4S2. The number of benzene rings is 1. The summed E-state index contributed by atoms with van der Waals surface area (Å²) >= 11 is 0. The molecule has 130 valence electrons. The molecular weight excluding hydrogens is 334 g/mol. The predicted octanol–water partition coefficient (Wildman–Crippen LogP) is 2.18. The van der Waals surface area contributed by atoms with Crippen LogP contribution in [0.5, 0.6) is 0 Å². The molecule has 23 heavy (non-hydrogen) atoms. The summed E-state index contributed by atoms with van der Waals surface area (Å²) in [6.07, 6.45) is 0.371. The molecule has 7 heteroatoms. The van der Waals surface area contributed by atoms with E-state index in [1.807, 2.05) is 12.1 Å². The largest absolute Gasteiger partial charge is 0.243 e. The van der Waals surface area contributed by atoms with Crippen molar-refractivity contribution in [2.24, 2.45) is 0 Å². The third-order valence-electron chi connectivity index (χ3n) is 4.25. The predicted molar refractivity (Wildman–Crippen MR) is 91.8 cm³/mol. The minimum Gasteiger partial charge on any atom is -0.229 e. The Morgan fingerprint density at radius 2 is 1.74 bits per heavy atom. The first-order chi connectivity index (χ1) is 10.5. The standard InChI is InChI=1S/C16H25NO4S2/c1-5-17(14-10-11-22(18,19)12-14)23(20,21)15-8-6-13(7-9-15)16(2,3)4/h6-9,14H,5,10-12H2,1-4H3/t14-/m0/s1. The molecule has 0 N–H and O–H groups in total. The molecule has 0 saturated carbocycles. The molecule has 1 atom stereocenters. The molecule has 1 saturated heterocycles. The number of nitrogens with zero attached hydrogens (tertiary/aromatic N) is 1. The number of sulfonamides is 1. The van der Waals surface area contributed by atoms with E-state index in [4.69, 9.17) is 0 Å². The second-order valence-corrected chi connectivity index (χ2v) is 11.2. The van der Waals surface area contributed by atoms with Crippen molar-refractivity contribution in [1.82, 2.24) is 4.31 Å². The molecule has 1 aliphatic heterocycles. The van der Waals surface area contributed by atoms with Crippen LogP contribution >= 0.6 is 0 Å². The SMILES string of the molecule is CCN([C@H]1CCS(=O)(=O)C1)S(=O)(=O)c1ccc(C(C)(C)C)cc1. The van der Waals surface area contributed by atoms with Gasteiger partial charge in [0.25, 0.3) is 0 Å². The topological polar surface area (TPSA) is 71.5 Å². The van der Waals surface area contributed by atoms with Gasteiger partial charge in [-0.2, -0.15) is 4.31 Å². The lowest BCUT2D eigenvalue weighted by atomic mass is 9.87. The molecule has 0 unspecified atom stereocenters. The Hall–Kier alpha value is -0.920. The van der Waals surface area contributed by atoms with Crippen molar-refractivity contribution in [3.8, 4) is 0 Å². The second kappa shape index (κ2) is 6.18. The maximum absolute atomic E-state index is 12.9. The average Bonchev–Trinajstić information content (AvgIpc) is 2.78. The highest BCUT2D eigenvalue weighted by Gasteiger charge is 2.37. The first-order valence-electron chi connectivity index (χ1n) is 7.80. The molecule has 5 nitrogen and oxygen atoms in total. The normalized spacial score (nSPS) is 21.7. The minimum atomic E-state index is -3.68. The number of sulfone groups is 1. The average molecular weight is 360 g/mol. The van der Waals surface area contributed by atoms with Gasteiger partial charge in [0.15, 0.2) is 9.84 Å². The van der Waals surface area contributed by atoms with Crippen LogP contribution in [0.2, 0.25) is 0 Å². The summed E-state index contributed by atoms with van der Waals surface area (Å²) in [6, 6.07) is 6.42. The van der Waals surface area contributed by atoms with Crippen LogP contribution in [0.25, 0.3) is 0 Å². The Morgan fingerprint density at radius 1 is 1.17 bits per heavy atom. The second-order valence-electron chi connectivity index (χ2n) is 7.04. The zero-order valence-electron chi connectivity index (χ0n) is 14.1. The zero-order valence-corrected chi connectivity index (χ0v) is 15.7. The van der Waals surface area contributed by atoms with Gasteiger partial charge < -0.3 is 0 Å². The van der Waals surface area contributed by atoms with E-state index in [0.717, 1.165) is 5.56 Å². The lowest BCUT2D eigenvalue weighted by molar-refractivity contribution is 0.354. The molecule has 0 spiro atoms. The molecule has 0 bridgehead atoms. The Bertz CT molecular complexity index is 759. The lowest BCUT2D eigenvalue weighted by Gasteiger charge is -2.26. The number of hydrogen-bond acceptors (Lipinski definition) is 4. The molecule has 1 aromatic rings. The molecule has 1 aliphatic rings. The summed E-state index contributed by atoms with van der Waals surface area (Å²) in [5.41, 5.74) is 1.01. The molecule has 0 amide bonds. The van der Waals surface area contributed by atoms with Crippen molar-refractivity contribution in [2.75, 3.05) is 18.1 Å². The minimum absolute atomic E-state index is 0.0493. The zero-order chi connectivity index (χ0) is 17.5. The van der Waals surface area contributed by atoms with Gasteiger partial charge in [-0.15, -0.1) is 0 Å². The van der Waals surface area contributed by atoms with Gasteiger partial charge in [0.2, 0.25) is 10.0 Å². The van der Waals surface area contributed by atoms with Crippen LogP contribution in [-0.4, -0.2) is 45.2 Å². The van der Waals surface area contributed by atoms with Crippen LogP contribution in [0.3, 0.4) is 0 Å². The number of hydrogen-bond donors (Lipinski definition) is 0. The Morgan fingerprint density at radius 3 is 2.13 bits per heavy atom. The Balaban J connectivity index is 2.32. The molecule has 1 fully saturated rings. The Labute approximate surface area is 139 Å². The fourth-order valence-electron chi connectivity index (χ4n) is 2.89. The monoisotopic (exact) mass is 359 g/mol. The molecule has 2 rings (SSSR count). The van der Waals surface area contributed by atoms with E-state index in [1.54, 1.807) is 19.1 Å². The van der Waals surface area contributed by atoms with Crippen LogP contribution in [-0.2, 0) is 25.3 Å². The molecule has 0 aromatic heterocycles.